The zero-order valence-electron chi connectivity index (χ0n) is 13.2. The molecular weight excluding hydrogens is 367 g/mol. The molecule has 2 aromatic carbocycles. The maximum Gasteiger partial charge on any atom is 0.162 e. The van der Waals surface area contributed by atoms with Crippen LogP contribution in [0.5, 0.6) is 11.5 Å². The van der Waals surface area contributed by atoms with Gasteiger partial charge in [0.15, 0.2) is 11.5 Å². The summed E-state index contributed by atoms with van der Waals surface area (Å²) in [6, 6.07) is 13.0. The van der Waals surface area contributed by atoms with Gasteiger partial charge in [0.05, 0.1) is 12.6 Å². The Bertz CT molecular complexity index is 751. The number of hydrogen-bond acceptors (Lipinski definition) is 5. The van der Waals surface area contributed by atoms with Gasteiger partial charge in [0, 0.05) is 49.8 Å². The van der Waals surface area contributed by atoms with Gasteiger partial charge >= 0.3 is 0 Å². The molecule has 0 amide bonds. The van der Waals surface area contributed by atoms with E-state index in [1.807, 2.05) is 30.3 Å². The fourth-order valence-corrected chi connectivity index (χ4v) is 1.99. The van der Waals surface area contributed by atoms with Crippen LogP contribution in [0.25, 0.3) is 10.9 Å². The molecule has 0 spiro atoms. The molecule has 0 aliphatic carbocycles. The molecule has 2 N–H and O–H groups in total. The summed E-state index contributed by atoms with van der Waals surface area (Å²) in [5.74, 6) is 1.09. The third-order valence-corrected chi connectivity index (χ3v) is 2.97. The second kappa shape index (κ2) is 9.43. The minimum atomic E-state index is 0. The standard InChI is InChI=1S/C15H13N3O2.C2H5.Y/c1-20-14-8-12-11(7-13(14)19)15(17-9-16-12)18-10-5-3-2-4-6-10;1-2;/h2-9,19H,1H3,(H,16,17,18);1H2,2H3;/q;-1;. The van der Waals surface area contributed by atoms with E-state index in [1.54, 1.807) is 19.1 Å². The molecule has 117 valence electrons. The van der Waals surface area contributed by atoms with Crippen molar-refractivity contribution in [3.63, 3.8) is 0 Å². The molecule has 0 aliphatic heterocycles. The zero-order valence-corrected chi connectivity index (χ0v) is 16.0. The Hall–Kier alpha value is -1.72. The number of hydrogen-bond donors (Lipinski definition) is 2. The van der Waals surface area contributed by atoms with Crippen molar-refractivity contribution in [1.82, 2.24) is 9.97 Å². The van der Waals surface area contributed by atoms with E-state index in [1.165, 1.54) is 13.4 Å². The van der Waals surface area contributed by atoms with Crippen LogP contribution in [0.4, 0.5) is 11.5 Å². The van der Waals surface area contributed by atoms with Crippen LogP contribution in [-0.4, -0.2) is 22.2 Å². The average molecular weight is 385 g/mol. The van der Waals surface area contributed by atoms with Crippen molar-refractivity contribution in [3.05, 3.63) is 55.7 Å². The van der Waals surface area contributed by atoms with Gasteiger partial charge in [-0.1, -0.05) is 18.2 Å². The molecule has 3 aromatic rings. The fraction of sp³-hybridized carbons (Fsp3) is 0.118. The first-order valence-corrected chi connectivity index (χ1v) is 6.82. The number of nitrogens with zero attached hydrogens (tertiary/aromatic N) is 2. The van der Waals surface area contributed by atoms with Gasteiger partial charge in [-0.05, 0) is 18.2 Å². The Labute approximate surface area is 161 Å². The Morgan fingerprint density at radius 3 is 2.43 bits per heavy atom. The number of aromatic hydroxyl groups is 1. The minimum Gasteiger partial charge on any atom is -0.504 e. The van der Waals surface area contributed by atoms with Gasteiger partial charge in [-0.15, -0.1) is 0 Å². The molecule has 23 heavy (non-hydrogen) atoms. The smallest absolute Gasteiger partial charge is 0.162 e. The van der Waals surface area contributed by atoms with Crippen LogP contribution >= 0.6 is 0 Å². The second-order valence-corrected chi connectivity index (χ2v) is 4.25. The van der Waals surface area contributed by atoms with Gasteiger partial charge in [0.1, 0.15) is 12.1 Å². The number of methoxy groups -OCH3 is 1. The number of ether oxygens (including phenoxy) is 1. The van der Waals surface area contributed by atoms with Crippen molar-refractivity contribution in [1.29, 1.82) is 0 Å². The van der Waals surface area contributed by atoms with E-state index in [-0.39, 0.29) is 38.5 Å². The Kier molecular flexibility index (Phi) is 7.92. The van der Waals surface area contributed by atoms with E-state index in [2.05, 4.69) is 22.2 Å². The maximum absolute atomic E-state index is 9.89. The van der Waals surface area contributed by atoms with Gasteiger partial charge in [0.2, 0.25) is 0 Å². The van der Waals surface area contributed by atoms with Crippen LogP contribution in [0.1, 0.15) is 6.92 Å². The summed E-state index contributed by atoms with van der Waals surface area (Å²) in [6.07, 6.45) is 1.48. The number of fused-ring (bicyclic) bond motifs is 1. The Balaban J connectivity index is 0.000000849. The molecule has 0 saturated carbocycles. The van der Waals surface area contributed by atoms with Crippen LogP contribution in [-0.2, 0) is 32.7 Å². The Morgan fingerprint density at radius 1 is 1.09 bits per heavy atom. The van der Waals surface area contributed by atoms with E-state index in [0.29, 0.717) is 17.1 Å². The first kappa shape index (κ1) is 19.3. The molecule has 0 unspecified atom stereocenters. The molecule has 0 saturated heterocycles. The van der Waals surface area contributed by atoms with Crippen LogP contribution in [0.15, 0.2) is 48.8 Å². The van der Waals surface area contributed by atoms with Crippen molar-refractivity contribution < 1.29 is 42.6 Å². The van der Waals surface area contributed by atoms with E-state index >= 15 is 0 Å². The van der Waals surface area contributed by atoms with E-state index < -0.39 is 0 Å². The van der Waals surface area contributed by atoms with Crippen LogP contribution in [0.2, 0.25) is 0 Å². The third kappa shape index (κ3) is 4.63. The van der Waals surface area contributed by atoms with Gasteiger partial charge in [-0.25, -0.2) is 9.97 Å². The van der Waals surface area contributed by atoms with E-state index in [4.69, 9.17) is 4.74 Å². The summed E-state index contributed by atoms with van der Waals surface area (Å²) >= 11 is 0. The molecule has 3 rings (SSSR count). The predicted molar refractivity (Wildman–Crippen MR) is 88.5 cm³/mol. The normalized spacial score (nSPS) is 9.35. The number of nitrogens with one attached hydrogen (secondary N) is 1. The van der Waals surface area contributed by atoms with Gasteiger partial charge < -0.3 is 22.1 Å². The van der Waals surface area contributed by atoms with E-state index in [9.17, 15) is 5.11 Å². The topological polar surface area (TPSA) is 67.3 Å². The summed E-state index contributed by atoms with van der Waals surface area (Å²) in [5, 5.41) is 13.8. The average Bonchev–Trinajstić information content (AvgIpc) is 2.58. The summed E-state index contributed by atoms with van der Waals surface area (Å²) in [4.78, 5) is 8.42. The van der Waals surface area contributed by atoms with Crippen LogP contribution < -0.4 is 10.1 Å². The molecule has 1 heterocycles. The maximum atomic E-state index is 9.89. The van der Waals surface area contributed by atoms with Gasteiger partial charge in [-0.3, -0.25) is 0 Å². The monoisotopic (exact) mass is 385 g/mol. The number of phenols is 1. The number of phenolic OH excluding ortho intramolecular Hbond substituents is 1. The molecule has 0 aliphatic rings. The van der Waals surface area contributed by atoms with Crippen LogP contribution in [0, 0.1) is 6.92 Å². The largest absolute Gasteiger partial charge is 0.504 e. The summed E-state index contributed by atoms with van der Waals surface area (Å²) in [7, 11) is 1.51. The summed E-state index contributed by atoms with van der Waals surface area (Å²) in [5.41, 5.74) is 1.62. The number of anilines is 2. The van der Waals surface area contributed by atoms with Crippen molar-refractivity contribution >= 4 is 22.4 Å². The molecule has 0 bridgehead atoms. The fourth-order valence-electron chi connectivity index (χ4n) is 1.99. The number of aromatic nitrogens is 2. The van der Waals surface area contributed by atoms with Crippen molar-refractivity contribution in [2.24, 2.45) is 0 Å². The molecule has 1 radical (unpaired) electrons. The van der Waals surface area contributed by atoms with Gasteiger partial charge in [-0.2, -0.15) is 6.92 Å². The molecular formula is C17H18N3O2Y-. The molecule has 1 aromatic heterocycles. The molecule has 0 atom stereocenters. The Morgan fingerprint density at radius 2 is 1.78 bits per heavy atom. The van der Waals surface area contributed by atoms with Crippen molar-refractivity contribution in [3.8, 4) is 11.5 Å². The number of rotatable bonds is 3. The van der Waals surface area contributed by atoms with Crippen molar-refractivity contribution in [2.45, 2.75) is 6.92 Å². The van der Waals surface area contributed by atoms with Crippen LogP contribution in [0.3, 0.4) is 0 Å². The zero-order chi connectivity index (χ0) is 15.9. The first-order chi connectivity index (χ1) is 10.8. The first-order valence-electron chi connectivity index (χ1n) is 6.82. The van der Waals surface area contributed by atoms with Crippen molar-refractivity contribution in [2.75, 3.05) is 12.4 Å². The number of para-hydroxylation sites is 1. The molecule has 5 nitrogen and oxygen atoms in total. The molecule has 6 heteroatoms. The summed E-state index contributed by atoms with van der Waals surface area (Å²) < 4.78 is 5.08. The van der Waals surface area contributed by atoms with E-state index in [0.717, 1.165) is 11.1 Å². The minimum absolute atomic E-state index is 0. The quantitative estimate of drug-likeness (QED) is 0.669. The predicted octanol–water partition coefficient (Wildman–Crippen LogP) is 3.93. The third-order valence-electron chi connectivity index (χ3n) is 2.97. The number of benzene rings is 2. The van der Waals surface area contributed by atoms with Gasteiger partial charge in [0.25, 0.3) is 0 Å². The summed E-state index contributed by atoms with van der Waals surface area (Å²) in [6.45, 7) is 5.00. The SMILES string of the molecule is COc1cc2ncnc(Nc3ccccc3)c2cc1O.[CH2-]C.[Y]. The second-order valence-electron chi connectivity index (χ2n) is 4.25. The molecule has 0 fully saturated rings.